The first-order chi connectivity index (χ1) is 44.8. The number of methoxy groups -OCH3 is 1. The Balaban J connectivity index is 0.914. The number of hydrogen-bond donors (Lipinski definition) is 5. The normalized spacial score (nSPS) is 47.5. The Morgan fingerprint density at radius 2 is 1.36 bits per heavy atom. The SMILES string of the molecule is COC(=O)N[C@H]1[C@@H](C)O[C@@H](O[C@H]2C/C=C(\C)C3C=C[C@@H]4[C@@H](O[C@H]5C[C@H](O[C@@H]6CC[C@@H](O[C@H]7C[C@H](O)[C@H](O[C@H]8CC[C@@H](O)[C@H](C)O8)[C@@H](C)O7)[C@H](C)O6)[C@@H](OC(=O)C(C)C)[C@H](C)O5)[C@@H](C)C[C@H](C)[C@H]4[C@]3(C)/C(O)=C3\C(=O)O[C@]4(CC(C=O)=C[C@H](O)[C@H]4/C=C/2C)C3=O)C[C@]1(C)[N+](=O)[O-]. The number of esters is 2. The van der Waals surface area contributed by atoms with Gasteiger partial charge >= 0.3 is 18.0 Å². The number of rotatable bonds is 15. The lowest BCUT2D eigenvalue weighted by Crippen LogP contribution is -2.65. The molecule has 5 N–H and O–H groups in total. The predicted molar refractivity (Wildman–Crippen MR) is 334 cm³/mol. The summed E-state index contributed by atoms with van der Waals surface area (Å²) in [5.41, 5.74) is -4.92. The third kappa shape index (κ3) is 14.4. The first-order valence-corrected chi connectivity index (χ1v) is 34.0. The molecule has 6 aliphatic heterocycles. The highest BCUT2D eigenvalue weighted by Crippen LogP contribution is 2.61. The van der Waals surface area contributed by atoms with Gasteiger partial charge in [0.25, 0.3) is 0 Å². The predicted octanol–water partition coefficient (Wildman–Crippen LogP) is 7.00. The van der Waals surface area contributed by atoms with Crippen molar-refractivity contribution in [2.75, 3.05) is 7.11 Å². The van der Waals surface area contributed by atoms with Crippen LogP contribution in [0.3, 0.4) is 0 Å². The van der Waals surface area contributed by atoms with E-state index in [1.54, 1.807) is 47.6 Å². The molecule has 0 aromatic rings. The van der Waals surface area contributed by atoms with Gasteiger partial charge in [-0.3, -0.25) is 24.5 Å². The zero-order valence-electron chi connectivity index (χ0n) is 57.0. The number of fused-ring (bicyclic) bond motifs is 4. The summed E-state index contributed by atoms with van der Waals surface area (Å²) in [5, 5.41) is 62.1. The monoisotopic (exact) mass is 1340 g/mol. The van der Waals surface area contributed by atoms with Crippen LogP contribution in [0.15, 0.2) is 58.4 Å². The van der Waals surface area contributed by atoms with Gasteiger partial charge in [0.05, 0.1) is 92.5 Å². The Morgan fingerprint density at radius 1 is 0.726 bits per heavy atom. The summed E-state index contributed by atoms with van der Waals surface area (Å²) in [6.07, 6.45) is -4.28. The Labute approximate surface area is 555 Å². The summed E-state index contributed by atoms with van der Waals surface area (Å²) < 4.78 is 82.1. The maximum atomic E-state index is 15.6. The topological polar surface area (TPSA) is 341 Å². The van der Waals surface area contributed by atoms with Crippen molar-refractivity contribution in [3.05, 3.63) is 68.5 Å². The first-order valence-electron chi connectivity index (χ1n) is 34.0. The highest BCUT2D eigenvalue weighted by atomic mass is 16.8. The molecule has 0 aromatic heterocycles. The number of alkyl carbamates (subject to hydrolysis) is 1. The lowest BCUT2D eigenvalue weighted by atomic mass is 9.49. The van der Waals surface area contributed by atoms with E-state index < -0.39 is 216 Å². The quantitative estimate of drug-likeness (QED) is 0.0209. The second kappa shape index (κ2) is 29.0. The van der Waals surface area contributed by atoms with Crippen LogP contribution in [0.5, 0.6) is 0 Å². The molecule has 95 heavy (non-hydrogen) atoms. The number of carbonyl (C=O) groups excluding carboxylic acids is 5. The molecule has 530 valence electrons. The fourth-order valence-corrected chi connectivity index (χ4v) is 17.0. The Morgan fingerprint density at radius 3 is 2.01 bits per heavy atom. The molecule has 6 heterocycles. The highest BCUT2D eigenvalue weighted by molar-refractivity contribution is 6.26. The van der Waals surface area contributed by atoms with Crippen LogP contribution in [-0.4, -0.2) is 197 Å². The number of nitrogens with zero attached hydrogens (tertiary/aromatic N) is 1. The second-order valence-corrected chi connectivity index (χ2v) is 29.2. The molecule has 29 atom stereocenters. The van der Waals surface area contributed by atoms with Crippen LogP contribution < -0.4 is 5.32 Å². The van der Waals surface area contributed by atoms with Crippen LogP contribution in [0, 0.1) is 57.0 Å². The summed E-state index contributed by atoms with van der Waals surface area (Å²) in [4.78, 5) is 81.3. The minimum Gasteiger partial charge on any atom is -0.511 e. The minimum absolute atomic E-state index is 0.00174. The first kappa shape index (κ1) is 72.7. The van der Waals surface area contributed by atoms with Gasteiger partial charge in [-0.2, -0.15) is 0 Å². The fourth-order valence-electron chi connectivity index (χ4n) is 17.0. The number of nitro groups is 1. The molecule has 0 aromatic carbocycles. The lowest BCUT2D eigenvalue weighted by molar-refractivity contribution is -0.584. The van der Waals surface area contributed by atoms with E-state index in [4.69, 9.17) is 61.6 Å². The standard InChI is InChI=1S/C69H100N2O24/c1-31(2)64(78)94-60-39(10)87-54(27-50(60)91-51-22-20-49(37(8)85-51)90-53-26-47(75)59(38(9)86-53)92-52-21-18-45(73)36(7)84-52)93-58-35(6)23-34(5)57-42(58)16-17-43-32(3)15-19-48(89-55-29-67(12,71(81)82)61(40(11)88-55)70-66(80)83-14)33(4)24-44-46(74)25-41(30-72)28-69(44)63(77)56(65(79)95-69)62(76)68(43,57)13/h15-17,24-25,30-31,34-40,42-55,57-61,73-76H,18-23,26-29H2,1-14H3,(H,70,80)/b32-15+,33-24+,62-56+/t34-,35-,36-,37-,38+,39-,40+,42-,43?,44+,45+,46-,47-,48-,49+,50-,51+,52-,53-,54-,55-,57+,58-,59+,60-,61-,67-,68+,69-/m0/s1. The van der Waals surface area contributed by atoms with Crippen molar-refractivity contribution in [1.82, 2.24) is 5.32 Å². The molecule has 1 amide bonds. The van der Waals surface area contributed by atoms with Crippen LogP contribution in [0.1, 0.15) is 154 Å². The number of aliphatic hydroxyl groups is 4. The zero-order chi connectivity index (χ0) is 69.1. The molecule has 1 unspecified atom stereocenters. The molecule has 1 saturated carbocycles. The third-order valence-electron chi connectivity index (χ3n) is 22.1. The van der Waals surface area contributed by atoms with Crippen molar-refractivity contribution in [2.24, 2.45) is 46.8 Å². The van der Waals surface area contributed by atoms with Crippen LogP contribution in [-0.2, 0) is 80.8 Å². The maximum absolute atomic E-state index is 15.6. The number of allylic oxidation sites excluding steroid dienone is 3. The number of ether oxygens (including phenoxy) is 13. The highest BCUT2D eigenvalue weighted by Gasteiger charge is 2.65. The molecule has 7 fully saturated rings. The van der Waals surface area contributed by atoms with Crippen LogP contribution >= 0.6 is 0 Å². The summed E-state index contributed by atoms with van der Waals surface area (Å²) in [5.74, 6) is -6.86. The molecule has 2 bridgehead atoms. The number of Topliss-reactive ketones (excluding diaryl/α,β-unsaturated/α-hetero) is 1. The number of hydrogen-bond acceptors (Lipinski definition) is 24. The summed E-state index contributed by atoms with van der Waals surface area (Å²) in [7, 11) is 1.15. The fraction of sp³-hybridized carbons (Fsp3) is 0.783. The molecular formula is C69H100N2O24. The molecule has 26 nitrogen and oxygen atoms in total. The summed E-state index contributed by atoms with van der Waals surface area (Å²) >= 11 is 0. The van der Waals surface area contributed by atoms with E-state index in [2.05, 4.69) is 25.2 Å². The van der Waals surface area contributed by atoms with Gasteiger partial charge in [-0.05, 0) is 109 Å². The van der Waals surface area contributed by atoms with Gasteiger partial charge in [-0.25, -0.2) is 9.59 Å². The van der Waals surface area contributed by atoms with Crippen molar-refractivity contribution in [2.45, 2.75) is 288 Å². The Bertz CT molecular complexity index is 3010. The van der Waals surface area contributed by atoms with E-state index in [-0.39, 0.29) is 43.1 Å². The van der Waals surface area contributed by atoms with Gasteiger partial charge in [0.15, 0.2) is 43.2 Å². The molecular weight excluding hydrogens is 1240 g/mol. The van der Waals surface area contributed by atoms with E-state index in [9.17, 15) is 49.7 Å². The van der Waals surface area contributed by atoms with Gasteiger partial charge in [0.2, 0.25) is 11.3 Å². The average Bonchev–Trinajstić information content (AvgIpc) is 1.52. The zero-order valence-corrected chi connectivity index (χ0v) is 57.0. The minimum atomic E-state index is -2.20. The molecule has 0 radical (unpaired) electrons. The Hall–Kier alpha value is -5.07. The van der Waals surface area contributed by atoms with Gasteiger partial charge in [-0.1, -0.05) is 64.5 Å². The third-order valence-corrected chi connectivity index (χ3v) is 22.1. The van der Waals surface area contributed by atoms with E-state index in [1.807, 2.05) is 39.8 Å². The molecule has 4 aliphatic carbocycles. The maximum Gasteiger partial charge on any atom is 0.407 e. The van der Waals surface area contributed by atoms with Gasteiger partial charge in [-0.15, -0.1) is 0 Å². The van der Waals surface area contributed by atoms with Gasteiger partial charge in [0.1, 0.15) is 35.9 Å². The van der Waals surface area contributed by atoms with Gasteiger partial charge < -0.3 is 87.3 Å². The number of aliphatic hydroxyl groups excluding tert-OH is 4. The Kier molecular flexibility index (Phi) is 22.2. The van der Waals surface area contributed by atoms with E-state index in [0.717, 1.165) is 7.11 Å². The molecule has 10 rings (SSSR count). The number of carbonyl (C=O) groups is 5. The van der Waals surface area contributed by atoms with E-state index in [1.165, 1.54) is 13.0 Å². The molecule has 1 spiro atoms. The van der Waals surface area contributed by atoms with E-state index >= 15 is 4.79 Å². The molecule has 6 saturated heterocycles. The second-order valence-electron chi connectivity index (χ2n) is 29.2. The number of ketones is 1. The van der Waals surface area contributed by atoms with Crippen LogP contribution in [0.2, 0.25) is 0 Å². The van der Waals surface area contributed by atoms with Crippen molar-refractivity contribution in [1.29, 1.82) is 0 Å². The smallest absolute Gasteiger partial charge is 0.407 e. The molecule has 10 aliphatic rings. The summed E-state index contributed by atoms with van der Waals surface area (Å²) in [6.45, 7) is 23.3. The van der Waals surface area contributed by atoms with Crippen LogP contribution in [0.25, 0.3) is 0 Å². The number of aldehydes is 1. The number of amides is 1. The van der Waals surface area contributed by atoms with Gasteiger partial charge in [0, 0.05) is 61.2 Å². The lowest BCUT2D eigenvalue weighted by Gasteiger charge is -2.56. The van der Waals surface area contributed by atoms with E-state index in [0.29, 0.717) is 49.5 Å². The number of nitrogens with one attached hydrogen (secondary N) is 1. The van der Waals surface area contributed by atoms with Crippen molar-refractivity contribution < 1.29 is 111 Å². The van der Waals surface area contributed by atoms with Crippen molar-refractivity contribution >= 4 is 30.1 Å². The summed E-state index contributed by atoms with van der Waals surface area (Å²) in [6, 6.07) is -1.13. The largest absolute Gasteiger partial charge is 0.511 e. The molecule has 26 heteroatoms. The van der Waals surface area contributed by atoms with Crippen molar-refractivity contribution in [3.63, 3.8) is 0 Å². The van der Waals surface area contributed by atoms with Crippen LogP contribution in [0.4, 0.5) is 4.79 Å². The average molecular weight is 1340 g/mol. The van der Waals surface area contributed by atoms with Crippen molar-refractivity contribution in [3.8, 4) is 0 Å².